The van der Waals surface area contributed by atoms with Crippen molar-refractivity contribution in [1.82, 2.24) is 15.1 Å². The molecule has 1 aliphatic heterocycles. The van der Waals surface area contributed by atoms with E-state index in [1.165, 1.54) is 0 Å². The van der Waals surface area contributed by atoms with Crippen molar-refractivity contribution in [1.29, 1.82) is 0 Å². The lowest BCUT2D eigenvalue weighted by Crippen LogP contribution is -2.39. The minimum Gasteiger partial charge on any atom is -0.481 e. The van der Waals surface area contributed by atoms with Crippen LogP contribution in [0.25, 0.3) is 11.3 Å². The second-order valence-corrected chi connectivity index (χ2v) is 5.87. The number of nitrogens with zero attached hydrogens (tertiary/aromatic N) is 2. The summed E-state index contributed by atoms with van der Waals surface area (Å²) in [6.07, 6.45) is 1.65. The van der Waals surface area contributed by atoms with Gasteiger partial charge in [-0.25, -0.2) is 0 Å². The van der Waals surface area contributed by atoms with E-state index in [9.17, 15) is 9.59 Å². The Balaban J connectivity index is 1.63. The fraction of sp³-hybridized carbons (Fsp3) is 0.353. The molecule has 23 heavy (non-hydrogen) atoms. The number of hydrogen-bond acceptors (Lipinski definition) is 3. The molecule has 1 aromatic carbocycles. The fourth-order valence-corrected chi connectivity index (χ4v) is 2.95. The van der Waals surface area contributed by atoms with E-state index in [2.05, 4.69) is 10.2 Å². The highest BCUT2D eigenvalue weighted by Gasteiger charge is 2.26. The summed E-state index contributed by atoms with van der Waals surface area (Å²) in [5, 5.41) is 15.9. The number of aromatic nitrogens is 2. The number of aliphatic carboxylic acids is 1. The third kappa shape index (κ3) is 3.59. The minimum atomic E-state index is -0.768. The molecular weight excluding hydrogens is 294 g/mol. The van der Waals surface area contributed by atoms with Gasteiger partial charge in [-0.3, -0.25) is 14.7 Å². The average molecular weight is 313 g/mol. The second-order valence-electron chi connectivity index (χ2n) is 5.87. The van der Waals surface area contributed by atoms with E-state index in [-0.39, 0.29) is 18.2 Å². The summed E-state index contributed by atoms with van der Waals surface area (Å²) in [6, 6.07) is 11.5. The summed E-state index contributed by atoms with van der Waals surface area (Å²) >= 11 is 0. The van der Waals surface area contributed by atoms with E-state index in [0.717, 1.165) is 24.1 Å². The van der Waals surface area contributed by atoms with E-state index in [0.29, 0.717) is 18.8 Å². The molecule has 0 bridgehead atoms. The molecule has 2 aromatic rings. The maximum atomic E-state index is 12.5. The molecule has 1 aromatic heterocycles. The van der Waals surface area contributed by atoms with Crippen LogP contribution in [-0.4, -0.2) is 45.2 Å². The smallest absolute Gasteiger partial charge is 0.303 e. The molecule has 0 aliphatic carbocycles. The Labute approximate surface area is 134 Å². The van der Waals surface area contributed by atoms with Crippen molar-refractivity contribution in [3.8, 4) is 11.3 Å². The number of piperidine rings is 1. The van der Waals surface area contributed by atoms with E-state index in [4.69, 9.17) is 5.11 Å². The Hall–Kier alpha value is -2.63. The standard InChI is InChI=1S/C17H19N3O3/c21-16(22)10-12-6-8-20(9-7-12)17(23)15-11-14(18-19-15)13-4-2-1-3-5-13/h1-5,11-12H,6-10H2,(H,18,19)(H,21,22). The number of carboxylic acids is 1. The topological polar surface area (TPSA) is 86.3 Å². The molecule has 1 saturated heterocycles. The van der Waals surface area contributed by atoms with Crippen molar-refractivity contribution in [2.24, 2.45) is 5.92 Å². The highest BCUT2D eigenvalue weighted by atomic mass is 16.4. The lowest BCUT2D eigenvalue weighted by atomic mass is 9.93. The Morgan fingerprint density at radius 1 is 1.22 bits per heavy atom. The van der Waals surface area contributed by atoms with Crippen LogP contribution in [0.5, 0.6) is 0 Å². The maximum absolute atomic E-state index is 12.5. The Morgan fingerprint density at radius 3 is 2.57 bits per heavy atom. The first kappa shape index (κ1) is 15.3. The molecule has 120 valence electrons. The van der Waals surface area contributed by atoms with E-state index in [1.807, 2.05) is 30.3 Å². The van der Waals surface area contributed by atoms with Crippen LogP contribution in [0.3, 0.4) is 0 Å². The van der Waals surface area contributed by atoms with Gasteiger partial charge in [0.25, 0.3) is 5.91 Å². The number of likely N-dealkylation sites (tertiary alicyclic amines) is 1. The number of amides is 1. The molecule has 1 aliphatic rings. The summed E-state index contributed by atoms with van der Waals surface area (Å²) in [6.45, 7) is 1.19. The number of nitrogens with one attached hydrogen (secondary N) is 1. The van der Waals surface area contributed by atoms with Gasteiger partial charge in [-0.15, -0.1) is 0 Å². The van der Waals surface area contributed by atoms with Crippen molar-refractivity contribution >= 4 is 11.9 Å². The van der Waals surface area contributed by atoms with E-state index < -0.39 is 5.97 Å². The molecule has 0 radical (unpaired) electrons. The van der Waals surface area contributed by atoms with Crippen molar-refractivity contribution < 1.29 is 14.7 Å². The quantitative estimate of drug-likeness (QED) is 0.907. The molecule has 1 fully saturated rings. The molecular formula is C17H19N3O3. The zero-order valence-electron chi connectivity index (χ0n) is 12.7. The number of aromatic amines is 1. The first-order chi connectivity index (χ1) is 11.1. The average Bonchev–Trinajstić information content (AvgIpc) is 3.05. The van der Waals surface area contributed by atoms with E-state index in [1.54, 1.807) is 11.0 Å². The Morgan fingerprint density at radius 2 is 1.91 bits per heavy atom. The monoisotopic (exact) mass is 313 g/mol. The lowest BCUT2D eigenvalue weighted by Gasteiger charge is -2.30. The molecule has 0 spiro atoms. The second kappa shape index (κ2) is 6.64. The number of carbonyl (C=O) groups is 2. The van der Waals surface area contributed by atoms with Gasteiger partial charge in [-0.1, -0.05) is 30.3 Å². The van der Waals surface area contributed by atoms with Gasteiger partial charge < -0.3 is 10.0 Å². The highest BCUT2D eigenvalue weighted by molar-refractivity contribution is 5.93. The van der Waals surface area contributed by atoms with Crippen molar-refractivity contribution in [2.45, 2.75) is 19.3 Å². The minimum absolute atomic E-state index is 0.0755. The van der Waals surface area contributed by atoms with Gasteiger partial charge in [0.2, 0.25) is 0 Å². The molecule has 1 amide bonds. The molecule has 3 rings (SSSR count). The molecule has 2 N–H and O–H groups in total. The SMILES string of the molecule is O=C(O)CC1CCN(C(=O)c2cc(-c3ccccc3)n[nH]2)CC1. The number of carboxylic acid groups (broad SMARTS) is 1. The van der Waals surface area contributed by atoms with Crippen LogP contribution in [0, 0.1) is 5.92 Å². The summed E-state index contributed by atoms with van der Waals surface area (Å²) in [5.41, 5.74) is 2.18. The molecule has 6 heteroatoms. The van der Waals surface area contributed by atoms with E-state index >= 15 is 0 Å². The zero-order chi connectivity index (χ0) is 16.2. The van der Waals surface area contributed by atoms with Gasteiger partial charge >= 0.3 is 5.97 Å². The highest BCUT2D eigenvalue weighted by Crippen LogP contribution is 2.23. The molecule has 0 saturated carbocycles. The molecule has 0 unspecified atom stereocenters. The normalized spacial score (nSPS) is 15.6. The number of hydrogen-bond donors (Lipinski definition) is 2. The van der Waals surface area contributed by atoms with Crippen LogP contribution in [0.15, 0.2) is 36.4 Å². The number of H-pyrrole nitrogens is 1. The van der Waals surface area contributed by atoms with Crippen LogP contribution in [0.4, 0.5) is 0 Å². The maximum Gasteiger partial charge on any atom is 0.303 e. The summed E-state index contributed by atoms with van der Waals surface area (Å²) < 4.78 is 0. The Kier molecular flexibility index (Phi) is 4.41. The van der Waals surface area contributed by atoms with Crippen LogP contribution in [-0.2, 0) is 4.79 Å². The first-order valence-corrected chi connectivity index (χ1v) is 7.75. The van der Waals surface area contributed by atoms with Gasteiger partial charge in [0.1, 0.15) is 5.69 Å². The first-order valence-electron chi connectivity index (χ1n) is 7.75. The van der Waals surface area contributed by atoms with Gasteiger partial charge in [-0.2, -0.15) is 5.10 Å². The summed E-state index contributed by atoms with van der Waals surface area (Å²) in [4.78, 5) is 25.0. The molecule has 6 nitrogen and oxygen atoms in total. The predicted octanol–water partition coefficient (Wildman–Crippen LogP) is 2.40. The van der Waals surface area contributed by atoms with Gasteiger partial charge in [0.15, 0.2) is 0 Å². The fourth-order valence-electron chi connectivity index (χ4n) is 2.95. The molecule has 0 atom stereocenters. The van der Waals surface area contributed by atoms with Crippen LogP contribution < -0.4 is 0 Å². The Bertz CT molecular complexity index is 688. The van der Waals surface area contributed by atoms with Crippen molar-refractivity contribution in [3.63, 3.8) is 0 Å². The zero-order valence-corrected chi connectivity index (χ0v) is 12.7. The predicted molar refractivity (Wildman–Crippen MR) is 84.9 cm³/mol. The number of benzene rings is 1. The largest absolute Gasteiger partial charge is 0.481 e. The third-order valence-electron chi connectivity index (χ3n) is 4.24. The van der Waals surface area contributed by atoms with Crippen molar-refractivity contribution in [3.05, 3.63) is 42.1 Å². The van der Waals surface area contributed by atoms with Gasteiger partial charge in [0.05, 0.1) is 5.69 Å². The van der Waals surface area contributed by atoms with Gasteiger partial charge in [-0.05, 0) is 24.8 Å². The molecule has 2 heterocycles. The van der Waals surface area contributed by atoms with Gasteiger partial charge in [0, 0.05) is 25.1 Å². The summed E-state index contributed by atoms with van der Waals surface area (Å²) in [5.74, 6) is -0.678. The number of carbonyl (C=O) groups excluding carboxylic acids is 1. The number of rotatable bonds is 4. The third-order valence-corrected chi connectivity index (χ3v) is 4.24. The van der Waals surface area contributed by atoms with Crippen LogP contribution in [0.1, 0.15) is 29.8 Å². The lowest BCUT2D eigenvalue weighted by molar-refractivity contribution is -0.138. The van der Waals surface area contributed by atoms with Crippen LogP contribution in [0.2, 0.25) is 0 Å². The van der Waals surface area contributed by atoms with Crippen molar-refractivity contribution in [2.75, 3.05) is 13.1 Å². The summed E-state index contributed by atoms with van der Waals surface area (Å²) in [7, 11) is 0. The van der Waals surface area contributed by atoms with Crippen LogP contribution >= 0.6 is 0 Å².